The first kappa shape index (κ1) is 40.0. The van der Waals surface area contributed by atoms with E-state index in [1.807, 2.05) is 0 Å². The van der Waals surface area contributed by atoms with Crippen LogP contribution in [-0.2, 0) is 53.3 Å². The number of benzene rings is 1. The molecule has 5 atom stereocenters. The summed E-state index contributed by atoms with van der Waals surface area (Å²) in [6.07, 6.45) is 0. The normalized spacial score (nSPS) is 21.2. The molecule has 0 saturated carbocycles. The molecule has 0 aliphatic rings. The minimum absolute atomic E-state index is 0.237. The monoisotopic (exact) mass is 778 g/mol. The Morgan fingerprint density at radius 3 is 1.36 bits per heavy atom. The number of fused-ring (bicyclic) bond motifs is 1. The van der Waals surface area contributed by atoms with Crippen LogP contribution in [-0.4, -0.2) is 105 Å². The number of para-hydroxylation sites is 1. The summed E-state index contributed by atoms with van der Waals surface area (Å²) in [7, 11) is -34.0. The molecule has 0 amide bonds. The molecule has 0 fully saturated rings. The van der Waals surface area contributed by atoms with Crippen LogP contribution in [0.1, 0.15) is 0 Å². The van der Waals surface area contributed by atoms with Crippen molar-refractivity contribution in [2.75, 3.05) is 42.3 Å². The van der Waals surface area contributed by atoms with E-state index < -0.39 is 54.4 Å². The minimum atomic E-state index is -6.46. The van der Waals surface area contributed by atoms with Crippen LogP contribution in [0, 0.1) is 0 Å². The van der Waals surface area contributed by atoms with E-state index in [0.717, 1.165) is 4.45 Å². The van der Waals surface area contributed by atoms with E-state index >= 15 is 0 Å². The van der Waals surface area contributed by atoms with Gasteiger partial charge in [-0.25, -0.2) is 4.57 Å². The third kappa shape index (κ3) is 8.82. The van der Waals surface area contributed by atoms with Crippen LogP contribution < -0.4 is 0 Å². The molecule has 7 N–H and O–H groups in total. The number of hydrogen-bond donors (Lipinski definition) is 7. The van der Waals surface area contributed by atoms with Crippen molar-refractivity contribution >= 4 is 65.4 Å². The van der Waals surface area contributed by atoms with Gasteiger partial charge >= 0.3 is 234 Å². The molecular weight excluding hydrogens is 749 g/mol. The van der Waals surface area contributed by atoms with E-state index in [1.54, 1.807) is 18.2 Å². The Morgan fingerprint density at radius 1 is 0.614 bits per heavy atom. The second-order valence-electron chi connectivity index (χ2n) is 8.70. The van der Waals surface area contributed by atoms with E-state index in [2.05, 4.69) is 31.9 Å². The van der Waals surface area contributed by atoms with Crippen LogP contribution in [0.2, 0.25) is 0 Å². The summed E-state index contributed by atoms with van der Waals surface area (Å²) < 4.78 is 101. The number of aromatic nitrogens is 3. The molecule has 1 aromatic heterocycles. The maximum atomic E-state index is 13.4. The summed E-state index contributed by atoms with van der Waals surface area (Å²) in [6.45, 7) is 0. The molecule has 0 spiro atoms. The fourth-order valence-electron chi connectivity index (χ4n) is 3.87. The number of hydrogen-bond acceptors (Lipinski definition) is 17. The zero-order chi connectivity index (χ0) is 34.4. The topological polar surface area (TPSA) is 340 Å². The van der Waals surface area contributed by atoms with Crippen molar-refractivity contribution in [2.24, 2.45) is 0 Å². The van der Waals surface area contributed by atoms with Crippen molar-refractivity contribution in [1.82, 2.24) is 28.8 Å². The molecule has 0 bridgehead atoms. The van der Waals surface area contributed by atoms with Gasteiger partial charge in [-0.2, -0.15) is 0 Å². The molecular formula is C12H29N6O19P7. The van der Waals surface area contributed by atoms with E-state index in [9.17, 15) is 47.0 Å². The average molecular weight is 778 g/mol. The third-order valence-corrected chi connectivity index (χ3v) is 20.5. The van der Waals surface area contributed by atoms with Crippen LogP contribution in [0.25, 0.3) is 11.0 Å². The summed E-state index contributed by atoms with van der Waals surface area (Å²) >= 11 is 0. The Hall–Kier alpha value is -0.210. The van der Waals surface area contributed by atoms with E-state index in [0.29, 0.717) is 0 Å². The summed E-state index contributed by atoms with van der Waals surface area (Å²) in [6, 6.07) is 6.26. The zero-order valence-electron chi connectivity index (χ0n) is 23.2. The molecule has 2 aromatic rings. The molecule has 0 saturated heterocycles. The maximum absolute atomic E-state index is 13.4. The Morgan fingerprint density at radius 2 is 0.977 bits per heavy atom. The van der Waals surface area contributed by atoms with Crippen LogP contribution in [0.5, 0.6) is 0 Å². The predicted molar refractivity (Wildman–Crippen MR) is 149 cm³/mol. The molecule has 256 valence electrons. The van der Waals surface area contributed by atoms with Gasteiger partial charge in [0.05, 0.1) is 0 Å². The molecule has 25 nitrogen and oxygen atoms in total. The fraction of sp³-hybridized carbons (Fsp3) is 0.500. The van der Waals surface area contributed by atoms with Crippen LogP contribution in [0.3, 0.4) is 0 Å². The molecule has 2 rings (SSSR count). The van der Waals surface area contributed by atoms with Crippen molar-refractivity contribution in [3.05, 3.63) is 24.3 Å². The number of rotatable bonds is 16. The Kier molecular flexibility index (Phi) is 11.8. The van der Waals surface area contributed by atoms with Crippen molar-refractivity contribution in [2.45, 2.75) is 0 Å². The standard InChI is InChI=1S/C12H29N6O19P7/c1-15(2)44(16(3)4,17(5)6,18-12-10-8-7-9-11(12)13-14-18)37-43(30,31)36-42(28,29)35-41(26,27)34-40(24,25)33-39(22,23)32-38(19,20)21/h7-10H,1-6H3,(H,22,23)(H,24,25)(H,26,27)(H,28,29)(H,30,31)(H2,19,20,21). The number of phosphoric acid groups is 6. The fourth-order valence-corrected chi connectivity index (χ4v) is 18.4. The van der Waals surface area contributed by atoms with Crippen molar-refractivity contribution in [1.29, 1.82) is 0 Å². The van der Waals surface area contributed by atoms with Gasteiger partial charge in [0.15, 0.2) is 0 Å². The average Bonchev–Trinajstić information content (AvgIpc) is 3.16. The Labute approximate surface area is 248 Å². The second kappa shape index (κ2) is 13.0. The first-order valence-electron chi connectivity index (χ1n) is 10.8. The van der Waals surface area contributed by atoms with Gasteiger partial charge in [-0.1, -0.05) is 0 Å². The zero-order valence-corrected chi connectivity index (χ0v) is 29.4. The van der Waals surface area contributed by atoms with Gasteiger partial charge in [-0.3, -0.25) is 0 Å². The Bertz CT molecular complexity index is 1650. The quantitative estimate of drug-likeness (QED) is 0.119. The van der Waals surface area contributed by atoms with E-state index in [-0.39, 0.29) is 11.0 Å². The summed E-state index contributed by atoms with van der Waals surface area (Å²) in [5.41, 5.74) is 0.522. The van der Waals surface area contributed by atoms with Gasteiger partial charge < -0.3 is 9.79 Å². The summed E-state index contributed by atoms with van der Waals surface area (Å²) in [5, 5.41) is 8.09. The molecule has 32 heteroatoms. The SMILES string of the molecule is CN(C)P(OP(=O)(O)OP(=O)(O)OP(=O)(O)OP(=O)(O)OP(=O)(O)OP(=O)(O)O)(N(C)C)(N(C)C)n1nnc2ccccc21. The van der Waals surface area contributed by atoms with Gasteiger partial charge in [0, 0.05) is 0 Å². The first-order valence-corrected chi connectivity index (χ1v) is 21.8. The molecule has 1 aromatic carbocycles. The molecule has 0 aliphatic heterocycles. The van der Waals surface area contributed by atoms with Crippen LogP contribution in [0.4, 0.5) is 0 Å². The van der Waals surface area contributed by atoms with Gasteiger partial charge in [-0.15, -0.1) is 0 Å². The second-order valence-corrected chi connectivity index (χ2v) is 22.8. The molecule has 0 radical (unpaired) electrons. The van der Waals surface area contributed by atoms with E-state index in [4.69, 9.17) is 19.0 Å². The van der Waals surface area contributed by atoms with Crippen LogP contribution in [0.15, 0.2) is 24.3 Å². The van der Waals surface area contributed by atoms with Crippen molar-refractivity contribution in [3.63, 3.8) is 0 Å². The molecule has 5 unspecified atom stereocenters. The van der Waals surface area contributed by atoms with Gasteiger partial charge in [0.2, 0.25) is 0 Å². The van der Waals surface area contributed by atoms with E-state index in [1.165, 1.54) is 62.4 Å². The Balaban J connectivity index is 2.49. The third-order valence-electron chi connectivity index (χ3n) is 5.05. The molecule has 0 aliphatic carbocycles. The van der Waals surface area contributed by atoms with Crippen LogP contribution >= 0.6 is 54.4 Å². The van der Waals surface area contributed by atoms with Gasteiger partial charge in [0.1, 0.15) is 0 Å². The molecule has 1 heterocycles. The van der Waals surface area contributed by atoms with Crippen molar-refractivity contribution in [3.8, 4) is 0 Å². The summed E-state index contributed by atoms with van der Waals surface area (Å²) in [5.74, 6) is 0. The first-order chi connectivity index (χ1) is 19.5. The number of nitrogens with zero attached hydrogens (tertiary/aromatic N) is 6. The van der Waals surface area contributed by atoms with Gasteiger partial charge in [-0.05, 0) is 0 Å². The summed E-state index contributed by atoms with van der Waals surface area (Å²) in [4.78, 5) is 66.1. The molecule has 44 heavy (non-hydrogen) atoms. The predicted octanol–water partition coefficient (Wildman–Crippen LogP) is 1.79. The van der Waals surface area contributed by atoms with Crippen molar-refractivity contribution < 1.29 is 87.5 Å². The van der Waals surface area contributed by atoms with Gasteiger partial charge in [0.25, 0.3) is 0 Å².